The summed E-state index contributed by atoms with van der Waals surface area (Å²) in [7, 11) is 0. The number of alkyl halides is 2. The quantitative estimate of drug-likeness (QED) is 0.892. The molecule has 0 aliphatic heterocycles. The third-order valence-corrected chi connectivity index (χ3v) is 2.94. The molecule has 2 N–H and O–H groups in total. The zero-order chi connectivity index (χ0) is 14.6. The first-order chi connectivity index (χ1) is 8.86. The second-order valence-corrected chi connectivity index (χ2v) is 4.70. The summed E-state index contributed by atoms with van der Waals surface area (Å²) in [4.78, 5) is 13.5. The van der Waals surface area contributed by atoms with E-state index in [1.54, 1.807) is 0 Å². The van der Waals surface area contributed by atoms with Crippen LogP contribution >= 0.6 is 0 Å². The van der Waals surface area contributed by atoms with E-state index >= 15 is 0 Å². The van der Waals surface area contributed by atoms with Crippen LogP contribution < -0.4 is 5.73 Å². The van der Waals surface area contributed by atoms with Gasteiger partial charge in [-0.25, -0.2) is 8.78 Å². The van der Waals surface area contributed by atoms with Gasteiger partial charge in [0.2, 0.25) is 0 Å². The van der Waals surface area contributed by atoms with Crippen LogP contribution in [0.4, 0.5) is 8.78 Å². The van der Waals surface area contributed by atoms with Crippen molar-refractivity contribution in [3.05, 3.63) is 34.4 Å². The first-order valence-electron chi connectivity index (χ1n) is 6.22. The molecule has 0 spiro atoms. The van der Waals surface area contributed by atoms with Crippen molar-refractivity contribution in [2.24, 2.45) is 5.73 Å². The molecule has 1 rings (SSSR count). The van der Waals surface area contributed by atoms with Crippen molar-refractivity contribution in [1.82, 2.24) is 4.90 Å². The Morgan fingerprint density at radius 2 is 1.79 bits per heavy atom. The maximum Gasteiger partial charge on any atom is 0.255 e. The van der Waals surface area contributed by atoms with Crippen LogP contribution in [0.3, 0.4) is 0 Å². The average molecular weight is 270 g/mol. The standard InChI is InChI=1S/C14H20F2N2O/c1-9-6-10(2)13(11(3)7-9)14(19)18(5-4-17)8-12(15)16/h6-7,12H,4-5,8,17H2,1-3H3. The second kappa shape index (κ2) is 6.61. The number of nitrogens with zero attached hydrogens (tertiary/aromatic N) is 1. The van der Waals surface area contributed by atoms with E-state index in [1.165, 1.54) is 0 Å². The monoisotopic (exact) mass is 270 g/mol. The van der Waals surface area contributed by atoms with Crippen LogP contribution in [0.5, 0.6) is 0 Å². The third kappa shape index (κ3) is 3.99. The highest BCUT2D eigenvalue weighted by molar-refractivity contribution is 5.97. The normalized spacial score (nSPS) is 10.9. The van der Waals surface area contributed by atoms with Gasteiger partial charge in [-0.1, -0.05) is 17.7 Å². The van der Waals surface area contributed by atoms with E-state index in [-0.39, 0.29) is 19.0 Å². The Hall–Kier alpha value is -1.49. The third-order valence-electron chi connectivity index (χ3n) is 2.94. The summed E-state index contributed by atoms with van der Waals surface area (Å²) in [5.74, 6) is -0.374. The van der Waals surface area contributed by atoms with Gasteiger partial charge in [-0.3, -0.25) is 4.79 Å². The van der Waals surface area contributed by atoms with Crippen molar-refractivity contribution in [2.45, 2.75) is 27.2 Å². The SMILES string of the molecule is Cc1cc(C)c(C(=O)N(CCN)CC(F)F)c(C)c1. The molecule has 19 heavy (non-hydrogen) atoms. The molecule has 5 heteroatoms. The molecular weight excluding hydrogens is 250 g/mol. The predicted octanol–water partition coefficient (Wildman–Crippen LogP) is 2.28. The van der Waals surface area contributed by atoms with E-state index in [0.29, 0.717) is 5.56 Å². The molecule has 1 aromatic rings. The number of benzene rings is 1. The Bertz CT molecular complexity index is 438. The van der Waals surface area contributed by atoms with Crippen molar-refractivity contribution < 1.29 is 13.6 Å². The predicted molar refractivity (Wildman–Crippen MR) is 71.6 cm³/mol. The van der Waals surface area contributed by atoms with Crippen LogP contribution in [0.25, 0.3) is 0 Å². The van der Waals surface area contributed by atoms with E-state index in [1.807, 2.05) is 32.9 Å². The van der Waals surface area contributed by atoms with Crippen molar-refractivity contribution in [2.75, 3.05) is 19.6 Å². The van der Waals surface area contributed by atoms with Gasteiger partial charge in [0, 0.05) is 18.7 Å². The molecule has 0 heterocycles. The van der Waals surface area contributed by atoms with Crippen molar-refractivity contribution in [3.8, 4) is 0 Å². The van der Waals surface area contributed by atoms with Crippen LogP contribution in [0.15, 0.2) is 12.1 Å². The maximum absolute atomic E-state index is 12.5. The fourth-order valence-corrected chi connectivity index (χ4v) is 2.27. The summed E-state index contributed by atoms with van der Waals surface area (Å²) in [5.41, 5.74) is 8.54. The van der Waals surface area contributed by atoms with Gasteiger partial charge in [-0.05, 0) is 31.9 Å². The topological polar surface area (TPSA) is 46.3 Å². The fraction of sp³-hybridized carbons (Fsp3) is 0.500. The summed E-state index contributed by atoms with van der Waals surface area (Å²) in [6.45, 7) is 5.29. The van der Waals surface area contributed by atoms with E-state index in [0.717, 1.165) is 21.6 Å². The number of hydrogen-bond donors (Lipinski definition) is 1. The molecule has 3 nitrogen and oxygen atoms in total. The Morgan fingerprint density at radius 1 is 1.26 bits per heavy atom. The Morgan fingerprint density at radius 3 is 2.21 bits per heavy atom. The summed E-state index contributed by atoms with van der Waals surface area (Å²) in [5, 5.41) is 0. The lowest BCUT2D eigenvalue weighted by molar-refractivity contribution is 0.0561. The van der Waals surface area contributed by atoms with E-state index in [2.05, 4.69) is 0 Å². The van der Waals surface area contributed by atoms with Gasteiger partial charge in [0.15, 0.2) is 0 Å². The molecule has 106 valence electrons. The lowest BCUT2D eigenvalue weighted by Crippen LogP contribution is -2.39. The molecule has 0 saturated carbocycles. The molecule has 0 bridgehead atoms. The van der Waals surface area contributed by atoms with Gasteiger partial charge < -0.3 is 10.6 Å². The Labute approximate surface area is 112 Å². The number of aryl methyl sites for hydroxylation is 3. The van der Waals surface area contributed by atoms with Crippen molar-refractivity contribution in [1.29, 1.82) is 0 Å². The van der Waals surface area contributed by atoms with Crippen molar-refractivity contribution in [3.63, 3.8) is 0 Å². The number of hydrogen-bond acceptors (Lipinski definition) is 2. The molecule has 0 aromatic heterocycles. The maximum atomic E-state index is 12.5. The minimum Gasteiger partial charge on any atom is -0.332 e. The first-order valence-corrected chi connectivity index (χ1v) is 6.22. The Kier molecular flexibility index (Phi) is 5.42. The lowest BCUT2D eigenvalue weighted by atomic mass is 9.98. The molecule has 0 unspecified atom stereocenters. The number of rotatable bonds is 5. The molecule has 0 fully saturated rings. The zero-order valence-electron chi connectivity index (χ0n) is 11.5. The van der Waals surface area contributed by atoms with Gasteiger partial charge in [0.25, 0.3) is 12.3 Å². The molecule has 0 aliphatic carbocycles. The van der Waals surface area contributed by atoms with Gasteiger partial charge in [0.05, 0.1) is 6.54 Å². The summed E-state index contributed by atoms with van der Waals surface area (Å²) in [6.07, 6.45) is -2.55. The van der Waals surface area contributed by atoms with Crippen molar-refractivity contribution >= 4 is 5.91 Å². The first kappa shape index (κ1) is 15.6. The zero-order valence-corrected chi connectivity index (χ0v) is 11.5. The minimum atomic E-state index is -2.55. The molecular formula is C14H20F2N2O. The molecule has 1 amide bonds. The molecule has 0 radical (unpaired) electrons. The lowest BCUT2D eigenvalue weighted by Gasteiger charge is -2.23. The highest BCUT2D eigenvalue weighted by Crippen LogP contribution is 2.19. The van der Waals surface area contributed by atoms with E-state index in [4.69, 9.17) is 5.73 Å². The van der Waals surface area contributed by atoms with Gasteiger partial charge in [0.1, 0.15) is 0 Å². The average Bonchev–Trinajstić information content (AvgIpc) is 2.26. The number of amides is 1. The number of carbonyl (C=O) groups excluding carboxylic acids is 1. The highest BCUT2D eigenvalue weighted by Gasteiger charge is 2.22. The second-order valence-electron chi connectivity index (χ2n) is 4.70. The summed E-state index contributed by atoms with van der Waals surface area (Å²) < 4.78 is 25.0. The van der Waals surface area contributed by atoms with Crippen LogP contribution in [-0.4, -0.2) is 36.9 Å². The highest BCUT2D eigenvalue weighted by atomic mass is 19.3. The number of nitrogens with two attached hydrogens (primary N) is 1. The smallest absolute Gasteiger partial charge is 0.255 e. The minimum absolute atomic E-state index is 0.135. The Balaban J connectivity index is 3.09. The van der Waals surface area contributed by atoms with Crippen LogP contribution in [0.1, 0.15) is 27.0 Å². The molecule has 0 atom stereocenters. The van der Waals surface area contributed by atoms with Crippen LogP contribution in [0, 0.1) is 20.8 Å². The summed E-state index contributed by atoms with van der Waals surface area (Å²) >= 11 is 0. The van der Waals surface area contributed by atoms with Crippen LogP contribution in [0.2, 0.25) is 0 Å². The largest absolute Gasteiger partial charge is 0.332 e. The number of halogens is 2. The molecule has 0 aliphatic rings. The van der Waals surface area contributed by atoms with Gasteiger partial charge in [-0.15, -0.1) is 0 Å². The number of carbonyl (C=O) groups is 1. The van der Waals surface area contributed by atoms with Crippen LogP contribution in [-0.2, 0) is 0 Å². The molecule has 1 aromatic carbocycles. The molecule has 0 saturated heterocycles. The fourth-order valence-electron chi connectivity index (χ4n) is 2.27. The van der Waals surface area contributed by atoms with Gasteiger partial charge in [-0.2, -0.15) is 0 Å². The van der Waals surface area contributed by atoms with Gasteiger partial charge >= 0.3 is 0 Å². The van der Waals surface area contributed by atoms with E-state index in [9.17, 15) is 13.6 Å². The van der Waals surface area contributed by atoms with E-state index < -0.39 is 13.0 Å². The summed E-state index contributed by atoms with van der Waals surface area (Å²) in [6, 6.07) is 3.76.